The van der Waals surface area contributed by atoms with E-state index in [1.54, 1.807) is 11.0 Å². The van der Waals surface area contributed by atoms with Gasteiger partial charge in [-0.2, -0.15) is 23.1 Å². The highest BCUT2D eigenvalue weighted by Crippen LogP contribution is 2.34. The summed E-state index contributed by atoms with van der Waals surface area (Å²) in [6, 6.07) is 4.27. The second-order valence-corrected chi connectivity index (χ2v) is 8.99. The van der Waals surface area contributed by atoms with Gasteiger partial charge in [0.05, 0.1) is 18.7 Å². The van der Waals surface area contributed by atoms with Crippen molar-refractivity contribution in [3.05, 3.63) is 40.5 Å². The Morgan fingerprint density at radius 2 is 1.79 bits per heavy atom. The second kappa shape index (κ2) is 10.2. The van der Waals surface area contributed by atoms with Crippen LogP contribution in [-0.4, -0.2) is 46.9 Å². The number of halogens is 3. The Balaban J connectivity index is 1.64. The number of anilines is 2. The van der Waals surface area contributed by atoms with Crippen molar-refractivity contribution in [3.63, 3.8) is 0 Å². The third-order valence-electron chi connectivity index (χ3n) is 6.12. The van der Waals surface area contributed by atoms with Crippen LogP contribution in [0.2, 0.25) is 0 Å². The van der Waals surface area contributed by atoms with Gasteiger partial charge < -0.3 is 15.4 Å². The minimum atomic E-state index is -4.46. The van der Waals surface area contributed by atoms with Crippen molar-refractivity contribution < 1.29 is 22.7 Å². The standard InChI is InChI=1S/C24H30F3N5O2/c1-2-3-8-34-23-29-21(28)20-12-19(33)15-32(22(20)30-23)14-17-9-16(13-31-6-4-5-7-31)10-18(11-17)24(25,26)27/h9-11H,2-8,12-15H2,1H3,(H2,28,29,30). The molecular formula is C24H30F3N5O2. The van der Waals surface area contributed by atoms with Crippen molar-refractivity contribution in [2.75, 3.05) is 36.9 Å². The van der Waals surface area contributed by atoms with Crippen molar-refractivity contribution in [2.24, 2.45) is 0 Å². The number of ketones is 1. The lowest BCUT2D eigenvalue weighted by atomic mass is 10.0. The van der Waals surface area contributed by atoms with Gasteiger partial charge in [-0.15, -0.1) is 0 Å². The fraction of sp³-hybridized carbons (Fsp3) is 0.542. The molecule has 0 amide bonds. The van der Waals surface area contributed by atoms with E-state index in [0.717, 1.165) is 44.8 Å². The molecule has 34 heavy (non-hydrogen) atoms. The molecule has 0 unspecified atom stereocenters. The maximum absolute atomic E-state index is 13.7. The van der Waals surface area contributed by atoms with Crippen molar-refractivity contribution in [2.45, 2.75) is 58.3 Å². The molecule has 0 aliphatic carbocycles. The maximum Gasteiger partial charge on any atom is 0.416 e. The van der Waals surface area contributed by atoms with Crippen LogP contribution in [0.25, 0.3) is 0 Å². The normalized spacial score (nSPS) is 16.7. The van der Waals surface area contributed by atoms with Crippen LogP contribution < -0.4 is 15.4 Å². The molecule has 10 heteroatoms. The molecule has 0 bridgehead atoms. The molecule has 4 rings (SSSR count). The number of carbonyl (C=O) groups excluding carboxylic acids is 1. The van der Waals surface area contributed by atoms with Crippen LogP contribution in [0.3, 0.4) is 0 Å². The first-order chi connectivity index (χ1) is 16.2. The van der Waals surface area contributed by atoms with Crippen molar-refractivity contribution in [1.29, 1.82) is 0 Å². The van der Waals surface area contributed by atoms with Crippen LogP contribution in [0.1, 0.15) is 54.9 Å². The number of carbonyl (C=O) groups is 1. The van der Waals surface area contributed by atoms with Gasteiger partial charge in [0, 0.05) is 25.1 Å². The fourth-order valence-electron chi connectivity index (χ4n) is 4.47. The minimum absolute atomic E-state index is 0.0373. The van der Waals surface area contributed by atoms with Crippen molar-refractivity contribution >= 4 is 17.4 Å². The lowest BCUT2D eigenvalue weighted by molar-refractivity contribution is -0.137. The molecule has 184 valence electrons. The van der Waals surface area contributed by atoms with Crippen molar-refractivity contribution in [1.82, 2.24) is 14.9 Å². The van der Waals surface area contributed by atoms with E-state index in [1.165, 1.54) is 6.07 Å². The average molecular weight is 478 g/mol. The van der Waals surface area contributed by atoms with E-state index in [0.29, 0.717) is 35.7 Å². The molecule has 0 atom stereocenters. The van der Waals surface area contributed by atoms with Gasteiger partial charge in [-0.25, -0.2) is 0 Å². The molecule has 0 saturated carbocycles. The molecule has 2 aliphatic rings. The Bertz CT molecular complexity index is 1040. The SMILES string of the molecule is CCCCOc1nc(N)c2c(n1)N(Cc1cc(CN3CCCC3)cc(C(F)(F)F)c1)CC(=O)C2. The van der Waals surface area contributed by atoms with E-state index in [9.17, 15) is 18.0 Å². The number of nitrogen functional groups attached to an aromatic ring is 1. The van der Waals surface area contributed by atoms with Gasteiger partial charge in [0.25, 0.3) is 0 Å². The summed E-state index contributed by atoms with van der Waals surface area (Å²) in [5.41, 5.74) is 6.98. The van der Waals surface area contributed by atoms with Crippen LogP contribution >= 0.6 is 0 Å². The number of hydrogen-bond acceptors (Lipinski definition) is 7. The number of hydrogen-bond donors (Lipinski definition) is 1. The number of alkyl halides is 3. The number of likely N-dealkylation sites (tertiary alicyclic amines) is 1. The molecule has 1 aromatic heterocycles. The van der Waals surface area contributed by atoms with E-state index in [1.807, 2.05) is 6.92 Å². The van der Waals surface area contributed by atoms with E-state index < -0.39 is 11.7 Å². The molecule has 0 radical (unpaired) electrons. The van der Waals surface area contributed by atoms with Gasteiger partial charge in [0.2, 0.25) is 0 Å². The molecule has 1 fully saturated rings. The summed E-state index contributed by atoms with van der Waals surface area (Å²) < 4.78 is 46.6. The van der Waals surface area contributed by atoms with Gasteiger partial charge >= 0.3 is 12.2 Å². The highest BCUT2D eigenvalue weighted by atomic mass is 19.4. The first kappa shape index (κ1) is 24.3. The maximum atomic E-state index is 13.7. The summed E-state index contributed by atoms with van der Waals surface area (Å²) in [7, 11) is 0. The molecule has 2 N–H and O–H groups in total. The first-order valence-electron chi connectivity index (χ1n) is 11.7. The lowest BCUT2D eigenvalue weighted by Gasteiger charge is -2.30. The monoisotopic (exact) mass is 477 g/mol. The third kappa shape index (κ3) is 5.78. The van der Waals surface area contributed by atoms with E-state index in [2.05, 4.69) is 14.9 Å². The van der Waals surface area contributed by atoms with Gasteiger partial charge in [-0.1, -0.05) is 19.4 Å². The number of fused-ring (bicyclic) bond motifs is 1. The predicted octanol–water partition coefficient (Wildman–Crippen LogP) is 3.98. The molecule has 2 aromatic rings. The number of nitrogens with zero attached hydrogens (tertiary/aromatic N) is 4. The Hall–Kier alpha value is -2.88. The molecule has 0 spiro atoms. The zero-order valence-electron chi connectivity index (χ0n) is 19.3. The van der Waals surface area contributed by atoms with E-state index in [4.69, 9.17) is 10.5 Å². The van der Waals surface area contributed by atoms with Crippen LogP contribution in [0, 0.1) is 0 Å². The van der Waals surface area contributed by atoms with E-state index in [-0.39, 0.29) is 37.1 Å². The molecular weight excluding hydrogens is 447 g/mol. The molecule has 7 nitrogen and oxygen atoms in total. The topological polar surface area (TPSA) is 84.6 Å². The zero-order valence-corrected chi connectivity index (χ0v) is 19.3. The van der Waals surface area contributed by atoms with Crippen molar-refractivity contribution in [3.8, 4) is 6.01 Å². The number of nitrogens with two attached hydrogens (primary N) is 1. The smallest absolute Gasteiger partial charge is 0.416 e. The van der Waals surface area contributed by atoms with E-state index >= 15 is 0 Å². The van der Waals surface area contributed by atoms with Crippen LogP contribution in [0.15, 0.2) is 18.2 Å². The lowest BCUT2D eigenvalue weighted by Crippen LogP contribution is -2.37. The summed E-state index contributed by atoms with van der Waals surface area (Å²) in [6.45, 7) is 4.84. The van der Waals surface area contributed by atoms with Crippen LogP contribution in [-0.2, 0) is 30.5 Å². The summed E-state index contributed by atoms with van der Waals surface area (Å²) in [4.78, 5) is 24.9. The van der Waals surface area contributed by atoms with Gasteiger partial charge in [0.1, 0.15) is 11.6 Å². The Morgan fingerprint density at radius 1 is 1.09 bits per heavy atom. The summed E-state index contributed by atoms with van der Waals surface area (Å²) >= 11 is 0. The Kier molecular flexibility index (Phi) is 7.25. The minimum Gasteiger partial charge on any atom is -0.463 e. The highest BCUT2D eigenvalue weighted by Gasteiger charge is 2.32. The number of rotatable bonds is 8. The van der Waals surface area contributed by atoms with Crippen LogP contribution in [0.4, 0.5) is 24.8 Å². The molecule has 1 aromatic carbocycles. The number of aromatic nitrogens is 2. The summed E-state index contributed by atoms with van der Waals surface area (Å²) in [6.07, 6.45) is -0.485. The van der Waals surface area contributed by atoms with Gasteiger partial charge in [0.15, 0.2) is 5.78 Å². The average Bonchev–Trinajstić information content (AvgIpc) is 3.27. The fourth-order valence-corrected chi connectivity index (χ4v) is 4.47. The highest BCUT2D eigenvalue weighted by molar-refractivity contribution is 5.91. The third-order valence-corrected chi connectivity index (χ3v) is 6.12. The Labute approximate surface area is 197 Å². The van der Waals surface area contributed by atoms with Crippen LogP contribution in [0.5, 0.6) is 6.01 Å². The molecule has 1 saturated heterocycles. The summed E-state index contributed by atoms with van der Waals surface area (Å²) in [5, 5.41) is 0. The number of Topliss-reactive ketones (excluding diaryl/α,β-unsaturated/α-hetero) is 1. The zero-order chi connectivity index (χ0) is 24.3. The predicted molar refractivity (Wildman–Crippen MR) is 123 cm³/mol. The number of ether oxygens (including phenoxy) is 1. The first-order valence-corrected chi connectivity index (χ1v) is 11.7. The number of unbranched alkanes of at least 4 members (excludes halogenated alkanes) is 1. The Morgan fingerprint density at radius 3 is 2.47 bits per heavy atom. The molecule has 3 heterocycles. The quantitative estimate of drug-likeness (QED) is 0.576. The van der Waals surface area contributed by atoms with Gasteiger partial charge in [-0.3, -0.25) is 9.69 Å². The summed E-state index contributed by atoms with van der Waals surface area (Å²) in [5.74, 6) is 0.511. The van der Waals surface area contributed by atoms with Gasteiger partial charge in [-0.05, 0) is 55.6 Å². The molecule has 2 aliphatic heterocycles. The second-order valence-electron chi connectivity index (χ2n) is 8.99. The largest absolute Gasteiger partial charge is 0.463 e. The number of benzene rings is 1.